The zero-order valence-corrected chi connectivity index (χ0v) is 16.9. The number of carboxylic acid groups (broad SMARTS) is 1. The number of hydrogen-bond acceptors (Lipinski definition) is 3. The van der Waals surface area contributed by atoms with Gasteiger partial charge in [-0.2, -0.15) is 5.10 Å². The van der Waals surface area contributed by atoms with E-state index in [-0.39, 0.29) is 5.91 Å². The fraction of sp³-hybridized carbons (Fsp3) is 0.318. The van der Waals surface area contributed by atoms with Crippen LogP contribution in [0.2, 0.25) is 5.02 Å². The molecule has 6 nitrogen and oxygen atoms in total. The Morgan fingerprint density at radius 3 is 2.48 bits per heavy atom. The number of likely N-dealkylation sites (tertiary alicyclic amines) is 1. The maximum atomic E-state index is 12.6. The van der Waals surface area contributed by atoms with Gasteiger partial charge in [-0.1, -0.05) is 11.6 Å². The average molecular weight is 412 g/mol. The van der Waals surface area contributed by atoms with Crippen LogP contribution >= 0.6 is 11.6 Å². The van der Waals surface area contributed by atoms with Crippen LogP contribution < -0.4 is 0 Å². The minimum absolute atomic E-state index is 0.0433. The molecular weight excluding hydrogens is 390 g/mol. The minimum Gasteiger partial charge on any atom is -0.478 e. The molecule has 0 saturated carbocycles. The van der Waals surface area contributed by atoms with Crippen molar-refractivity contribution in [1.29, 1.82) is 0 Å². The van der Waals surface area contributed by atoms with Gasteiger partial charge in [-0.25, -0.2) is 4.79 Å². The summed E-state index contributed by atoms with van der Waals surface area (Å²) in [5.41, 5.74) is 2.52. The molecule has 29 heavy (non-hydrogen) atoms. The van der Waals surface area contributed by atoms with Crippen molar-refractivity contribution in [2.45, 2.75) is 26.3 Å². The Labute approximate surface area is 173 Å². The van der Waals surface area contributed by atoms with Crippen molar-refractivity contribution in [3.63, 3.8) is 0 Å². The Bertz CT molecular complexity index is 1070. The van der Waals surface area contributed by atoms with Gasteiger partial charge in [0.2, 0.25) is 0 Å². The Kier molecular flexibility index (Phi) is 5.28. The van der Waals surface area contributed by atoms with Crippen molar-refractivity contribution in [1.82, 2.24) is 14.7 Å². The Morgan fingerprint density at radius 1 is 1.14 bits per heavy atom. The number of fused-ring (bicyclic) bond motifs is 1. The van der Waals surface area contributed by atoms with Crippen molar-refractivity contribution in [3.8, 4) is 0 Å². The van der Waals surface area contributed by atoms with E-state index in [1.165, 1.54) is 0 Å². The van der Waals surface area contributed by atoms with Gasteiger partial charge in [0.15, 0.2) is 0 Å². The Hall–Kier alpha value is -2.86. The number of hydrogen-bond donors (Lipinski definition) is 1. The van der Waals surface area contributed by atoms with Crippen molar-refractivity contribution in [3.05, 3.63) is 64.3 Å². The van der Waals surface area contributed by atoms with E-state index in [4.69, 9.17) is 11.6 Å². The SMILES string of the molecule is Cc1c(C(=O)O)ccc2nn(CC3CCN(C(=O)c4ccc(Cl)cc4)CC3)cc12. The summed E-state index contributed by atoms with van der Waals surface area (Å²) in [5, 5.41) is 15.4. The van der Waals surface area contributed by atoms with Gasteiger partial charge in [0.05, 0.1) is 11.1 Å². The molecule has 1 saturated heterocycles. The number of piperidine rings is 1. The lowest BCUT2D eigenvalue weighted by molar-refractivity contribution is 0.0677. The highest BCUT2D eigenvalue weighted by Crippen LogP contribution is 2.24. The van der Waals surface area contributed by atoms with E-state index in [0.29, 0.717) is 22.1 Å². The fourth-order valence-corrected chi connectivity index (χ4v) is 4.09. The molecule has 0 unspecified atom stereocenters. The first-order valence-electron chi connectivity index (χ1n) is 9.67. The lowest BCUT2D eigenvalue weighted by Crippen LogP contribution is -2.39. The van der Waals surface area contributed by atoms with Crippen molar-refractivity contribution in [2.75, 3.05) is 13.1 Å². The number of carbonyl (C=O) groups is 2. The molecule has 1 N–H and O–H groups in total. The second-order valence-electron chi connectivity index (χ2n) is 7.57. The molecule has 0 aliphatic carbocycles. The molecule has 7 heteroatoms. The van der Waals surface area contributed by atoms with E-state index in [2.05, 4.69) is 5.10 Å². The summed E-state index contributed by atoms with van der Waals surface area (Å²) in [7, 11) is 0. The highest BCUT2D eigenvalue weighted by Gasteiger charge is 2.24. The summed E-state index contributed by atoms with van der Waals surface area (Å²) in [5.74, 6) is -0.450. The fourth-order valence-electron chi connectivity index (χ4n) is 3.96. The standard InChI is InChI=1S/C22H22ClN3O3/c1-14-18(22(28)29)6-7-20-19(14)13-26(24-20)12-15-8-10-25(11-9-15)21(27)16-2-4-17(23)5-3-16/h2-7,13,15H,8-12H2,1H3,(H,28,29). The van der Waals surface area contributed by atoms with Gasteiger partial charge in [-0.3, -0.25) is 9.48 Å². The smallest absolute Gasteiger partial charge is 0.335 e. The van der Waals surface area contributed by atoms with Gasteiger partial charge in [0, 0.05) is 41.8 Å². The van der Waals surface area contributed by atoms with Gasteiger partial charge in [-0.05, 0) is 67.6 Å². The number of aromatic carboxylic acids is 1. The zero-order chi connectivity index (χ0) is 20.5. The summed E-state index contributed by atoms with van der Waals surface area (Å²) >= 11 is 5.90. The van der Waals surface area contributed by atoms with Crippen LogP contribution in [0.5, 0.6) is 0 Å². The number of aryl methyl sites for hydroxylation is 1. The molecule has 1 aromatic heterocycles. The van der Waals surface area contributed by atoms with Gasteiger partial charge < -0.3 is 10.0 Å². The highest BCUT2D eigenvalue weighted by molar-refractivity contribution is 6.30. The van der Waals surface area contributed by atoms with Crippen LogP contribution in [0.15, 0.2) is 42.6 Å². The zero-order valence-electron chi connectivity index (χ0n) is 16.1. The number of rotatable bonds is 4. The molecule has 1 aliphatic heterocycles. The van der Waals surface area contributed by atoms with Crippen LogP contribution in [0.25, 0.3) is 10.9 Å². The molecule has 150 valence electrons. The van der Waals surface area contributed by atoms with Gasteiger partial charge in [0.1, 0.15) is 0 Å². The van der Waals surface area contributed by atoms with Gasteiger partial charge >= 0.3 is 5.97 Å². The summed E-state index contributed by atoms with van der Waals surface area (Å²) < 4.78 is 1.91. The molecule has 4 rings (SSSR count). The minimum atomic E-state index is -0.921. The van der Waals surface area contributed by atoms with E-state index in [1.54, 1.807) is 36.4 Å². The molecule has 0 bridgehead atoms. The number of halogens is 1. The first-order valence-corrected chi connectivity index (χ1v) is 10.0. The molecular formula is C22H22ClN3O3. The third-order valence-electron chi connectivity index (χ3n) is 5.67. The Morgan fingerprint density at radius 2 is 1.83 bits per heavy atom. The molecule has 3 aromatic rings. The predicted molar refractivity (Wildman–Crippen MR) is 112 cm³/mol. The first kappa shape index (κ1) is 19.5. The molecule has 1 fully saturated rings. The summed E-state index contributed by atoms with van der Waals surface area (Å²) in [6, 6.07) is 10.4. The summed E-state index contributed by atoms with van der Waals surface area (Å²) in [6.07, 6.45) is 3.76. The van der Waals surface area contributed by atoms with Crippen LogP contribution in [-0.4, -0.2) is 44.8 Å². The molecule has 1 aliphatic rings. The topological polar surface area (TPSA) is 75.4 Å². The quantitative estimate of drug-likeness (QED) is 0.696. The number of nitrogens with zero attached hydrogens (tertiary/aromatic N) is 3. The first-order chi connectivity index (χ1) is 13.9. The third-order valence-corrected chi connectivity index (χ3v) is 5.93. The number of amides is 1. The molecule has 1 amide bonds. The van der Waals surface area contributed by atoms with Crippen LogP contribution in [-0.2, 0) is 6.54 Å². The second-order valence-corrected chi connectivity index (χ2v) is 8.01. The molecule has 2 aromatic carbocycles. The summed E-state index contributed by atoms with van der Waals surface area (Å²) in [6.45, 7) is 4.02. The van der Waals surface area contributed by atoms with E-state index in [9.17, 15) is 14.7 Å². The van der Waals surface area contributed by atoms with Gasteiger partial charge in [0.25, 0.3) is 5.91 Å². The molecule has 0 spiro atoms. The van der Waals surface area contributed by atoms with Crippen molar-refractivity contribution in [2.24, 2.45) is 5.92 Å². The maximum absolute atomic E-state index is 12.6. The van der Waals surface area contributed by atoms with Crippen molar-refractivity contribution < 1.29 is 14.7 Å². The third kappa shape index (κ3) is 3.98. The summed E-state index contributed by atoms with van der Waals surface area (Å²) in [4.78, 5) is 25.9. The van der Waals surface area contributed by atoms with E-state index >= 15 is 0 Å². The number of carbonyl (C=O) groups excluding carboxylic acids is 1. The van der Waals surface area contributed by atoms with Crippen molar-refractivity contribution >= 4 is 34.4 Å². The number of aromatic nitrogens is 2. The van der Waals surface area contributed by atoms with Crippen LogP contribution in [0.4, 0.5) is 0 Å². The monoisotopic (exact) mass is 411 g/mol. The van der Waals surface area contributed by atoms with Crippen LogP contribution in [0.1, 0.15) is 39.1 Å². The average Bonchev–Trinajstić information content (AvgIpc) is 3.12. The molecule has 0 atom stereocenters. The lowest BCUT2D eigenvalue weighted by Gasteiger charge is -2.32. The number of benzene rings is 2. The van der Waals surface area contributed by atoms with Crippen LogP contribution in [0, 0.1) is 12.8 Å². The van der Waals surface area contributed by atoms with E-state index < -0.39 is 5.97 Å². The largest absolute Gasteiger partial charge is 0.478 e. The number of carboxylic acids is 1. The van der Waals surface area contributed by atoms with E-state index in [0.717, 1.165) is 48.9 Å². The maximum Gasteiger partial charge on any atom is 0.335 e. The second kappa shape index (κ2) is 7.87. The molecule has 2 heterocycles. The molecule has 0 radical (unpaired) electrons. The predicted octanol–water partition coefficient (Wildman–Crippen LogP) is 4.25. The lowest BCUT2D eigenvalue weighted by atomic mass is 9.96. The van der Waals surface area contributed by atoms with Crippen LogP contribution in [0.3, 0.4) is 0 Å². The highest BCUT2D eigenvalue weighted by atomic mass is 35.5. The normalized spacial score (nSPS) is 15.0. The van der Waals surface area contributed by atoms with Gasteiger partial charge in [-0.15, -0.1) is 0 Å². The Balaban J connectivity index is 1.40. The van der Waals surface area contributed by atoms with E-state index in [1.807, 2.05) is 22.7 Å².